The zero-order valence-electron chi connectivity index (χ0n) is 18.0. The molecule has 1 atom stereocenters. The van der Waals surface area contributed by atoms with Crippen molar-refractivity contribution in [1.82, 2.24) is 9.47 Å². The van der Waals surface area contributed by atoms with Gasteiger partial charge in [0.2, 0.25) is 0 Å². The molecule has 0 unspecified atom stereocenters. The van der Waals surface area contributed by atoms with Crippen molar-refractivity contribution >= 4 is 22.5 Å². The maximum atomic E-state index is 13.3. The van der Waals surface area contributed by atoms with Gasteiger partial charge in [-0.3, -0.25) is 4.79 Å². The number of benzene rings is 1. The second-order valence-corrected chi connectivity index (χ2v) is 8.46. The first-order chi connectivity index (χ1) is 15.0. The van der Waals surface area contributed by atoms with Gasteiger partial charge < -0.3 is 23.9 Å². The standard InChI is InChI=1S/C24H29N3O4/c1-17(2)13-26-16-22(20-9-3-4-10-21(20)23(26)28)25-24(29)27(14-18-7-5-11-30-18)15-19-8-6-12-31-19/h3-5,7,9-11,16-17,19H,6,8,12-15H2,1-2H3,(H,25,29)/t19-/m1/s1. The summed E-state index contributed by atoms with van der Waals surface area (Å²) in [6, 6.07) is 10.8. The van der Waals surface area contributed by atoms with Gasteiger partial charge in [0.25, 0.3) is 5.56 Å². The van der Waals surface area contributed by atoms with Gasteiger partial charge in [-0.1, -0.05) is 32.0 Å². The van der Waals surface area contributed by atoms with E-state index in [0.717, 1.165) is 24.8 Å². The fourth-order valence-corrected chi connectivity index (χ4v) is 4.01. The van der Waals surface area contributed by atoms with Crippen LogP contribution in [0.3, 0.4) is 0 Å². The zero-order valence-corrected chi connectivity index (χ0v) is 18.0. The molecule has 1 N–H and O–H groups in total. The molecule has 1 fully saturated rings. The monoisotopic (exact) mass is 423 g/mol. The fourth-order valence-electron chi connectivity index (χ4n) is 4.01. The van der Waals surface area contributed by atoms with Gasteiger partial charge in [0.1, 0.15) is 5.76 Å². The van der Waals surface area contributed by atoms with E-state index in [0.29, 0.717) is 42.4 Å². The summed E-state index contributed by atoms with van der Waals surface area (Å²) < 4.78 is 12.9. The number of pyridine rings is 1. The van der Waals surface area contributed by atoms with Crippen LogP contribution in [-0.4, -0.2) is 34.8 Å². The number of ether oxygens (including phenoxy) is 1. The summed E-state index contributed by atoms with van der Waals surface area (Å²) >= 11 is 0. The summed E-state index contributed by atoms with van der Waals surface area (Å²) in [5.74, 6) is 1.01. The van der Waals surface area contributed by atoms with Crippen molar-refractivity contribution in [3.8, 4) is 0 Å². The molecule has 7 nitrogen and oxygen atoms in total. The van der Waals surface area contributed by atoms with E-state index in [9.17, 15) is 9.59 Å². The van der Waals surface area contributed by atoms with Crippen molar-refractivity contribution < 1.29 is 13.9 Å². The largest absolute Gasteiger partial charge is 0.467 e. The topological polar surface area (TPSA) is 76.7 Å². The number of fused-ring (bicyclic) bond motifs is 1. The first-order valence-corrected chi connectivity index (χ1v) is 10.8. The second kappa shape index (κ2) is 9.39. The highest BCUT2D eigenvalue weighted by Gasteiger charge is 2.24. The van der Waals surface area contributed by atoms with Gasteiger partial charge >= 0.3 is 6.03 Å². The highest BCUT2D eigenvalue weighted by Crippen LogP contribution is 2.22. The summed E-state index contributed by atoms with van der Waals surface area (Å²) in [5, 5.41) is 4.37. The molecule has 0 spiro atoms. The molecule has 2 amide bonds. The smallest absolute Gasteiger partial charge is 0.322 e. The number of aromatic nitrogens is 1. The third-order valence-electron chi connectivity index (χ3n) is 5.46. The molecule has 3 heterocycles. The van der Waals surface area contributed by atoms with Crippen molar-refractivity contribution in [1.29, 1.82) is 0 Å². The Morgan fingerprint density at radius 2 is 2.03 bits per heavy atom. The minimum Gasteiger partial charge on any atom is -0.467 e. The van der Waals surface area contributed by atoms with E-state index in [1.807, 2.05) is 30.3 Å². The van der Waals surface area contributed by atoms with E-state index < -0.39 is 0 Å². The normalized spacial score (nSPS) is 16.2. The number of carbonyl (C=O) groups excluding carboxylic acids is 1. The number of carbonyl (C=O) groups is 1. The summed E-state index contributed by atoms with van der Waals surface area (Å²) in [4.78, 5) is 27.9. The average molecular weight is 424 g/mol. The van der Waals surface area contributed by atoms with Gasteiger partial charge in [0, 0.05) is 36.7 Å². The molecule has 2 aromatic heterocycles. The van der Waals surface area contributed by atoms with Crippen LogP contribution in [0.25, 0.3) is 10.8 Å². The fraction of sp³-hybridized carbons (Fsp3) is 0.417. The lowest BCUT2D eigenvalue weighted by molar-refractivity contribution is 0.0803. The molecular weight excluding hydrogens is 394 g/mol. The first-order valence-electron chi connectivity index (χ1n) is 10.8. The van der Waals surface area contributed by atoms with Gasteiger partial charge in [-0.2, -0.15) is 0 Å². The van der Waals surface area contributed by atoms with Gasteiger partial charge in [-0.25, -0.2) is 4.79 Å². The van der Waals surface area contributed by atoms with E-state index >= 15 is 0 Å². The molecule has 1 aliphatic heterocycles. The Morgan fingerprint density at radius 3 is 2.71 bits per heavy atom. The molecule has 3 aromatic rings. The number of rotatable bonds is 7. The van der Waals surface area contributed by atoms with Gasteiger partial charge in [-0.15, -0.1) is 0 Å². The number of nitrogens with zero attached hydrogens (tertiary/aromatic N) is 2. The number of urea groups is 1. The lowest BCUT2D eigenvalue weighted by Gasteiger charge is -2.25. The first kappa shape index (κ1) is 21.2. The Balaban J connectivity index is 1.64. The van der Waals surface area contributed by atoms with Crippen LogP contribution in [0.4, 0.5) is 10.5 Å². The number of hydrogen-bond donors (Lipinski definition) is 1. The van der Waals surface area contributed by atoms with Gasteiger partial charge in [-0.05, 0) is 37.0 Å². The molecule has 31 heavy (non-hydrogen) atoms. The van der Waals surface area contributed by atoms with Crippen molar-refractivity contribution in [3.63, 3.8) is 0 Å². The number of anilines is 1. The number of furan rings is 1. The lowest BCUT2D eigenvalue weighted by atomic mass is 10.1. The van der Waals surface area contributed by atoms with Crippen molar-refractivity contribution in [2.24, 2.45) is 5.92 Å². The lowest BCUT2D eigenvalue weighted by Crippen LogP contribution is -2.40. The van der Waals surface area contributed by atoms with E-state index in [4.69, 9.17) is 9.15 Å². The SMILES string of the molecule is CC(C)Cn1cc(NC(=O)N(Cc2ccco2)C[C@H]2CCCO2)c2ccccc2c1=O. The molecule has 164 valence electrons. The second-order valence-electron chi connectivity index (χ2n) is 8.46. The highest BCUT2D eigenvalue weighted by molar-refractivity contribution is 6.00. The third kappa shape index (κ3) is 4.99. The minimum atomic E-state index is -0.244. The van der Waals surface area contributed by atoms with Crippen molar-refractivity contribution in [3.05, 3.63) is 65.0 Å². The van der Waals surface area contributed by atoms with E-state index in [-0.39, 0.29) is 17.7 Å². The molecule has 0 saturated carbocycles. The average Bonchev–Trinajstić information content (AvgIpc) is 3.45. The maximum Gasteiger partial charge on any atom is 0.322 e. The predicted octanol–water partition coefficient (Wildman–Crippen LogP) is 4.46. The van der Waals surface area contributed by atoms with Crippen LogP contribution in [0, 0.1) is 5.92 Å². The van der Waals surface area contributed by atoms with Crippen LogP contribution in [-0.2, 0) is 17.8 Å². The number of amides is 2. The van der Waals surface area contributed by atoms with Crippen LogP contribution < -0.4 is 10.9 Å². The molecule has 7 heteroatoms. The van der Waals surface area contributed by atoms with E-state index in [1.165, 1.54) is 0 Å². The Kier molecular flexibility index (Phi) is 6.42. The Hall–Kier alpha value is -3.06. The maximum absolute atomic E-state index is 13.3. The number of hydrogen-bond acceptors (Lipinski definition) is 4. The van der Waals surface area contributed by atoms with E-state index in [1.54, 1.807) is 28.0 Å². The molecule has 1 aromatic carbocycles. The third-order valence-corrected chi connectivity index (χ3v) is 5.46. The van der Waals surface area contributed by atoms with Crippen molar-refractivity contribution in [2.45, 2.75) is 45.9 Å². The van der Waals surface area contributed by atoms with Crippen LogP contribution >= 0.6 is 0 Å². The highest BCUT2D eigenvalue weighted by atomic mass is 16.5. The predicted molar refractivity (Wildman–Crippen MR) is 120 cm³/mol. The van der Waals surface area contributed by atoms with Crippen molar-refractivity contribution in [2.75, 3.05) is 18.5 Å². The van der Waals surface area contributed by atoms with Crippen LogP contribution in [0.5, 0.6) is 0 Å². The molecule has 4 rings (SSSR count). The van der Waals surface area contributed by atoms with Gasteiger partial charge in [0.15, 0.2) is 0 Å². The summed E-state index contributed by atoms with van der Waals surface area (Å²) in [5.41, 5.74) is 0.576. The van der Waals surface area contributed by atoms with E-state index in [2.05, 4.69) is 19.2 Å². The Labute approximate surface area is 181 Å². The molecule has 0 aliphatic carbocycles. The minimum absolute atomic E-state index is 0.0207. The quantitative estimate of drug-likeness (QED) is 0.609. The zero-order chi connectivity index (χ0) is 21.8. The Morgan fingerprint density at radius 1 is 1.23 bits per heavy atom. The molecule has 1 saturated heterocycles. The summed E-state index contributed by atoms with van der Waals surface area (Å²) in [6.07, 6.45) is 5.31. The van der Waals surface area contributed by atoms with Crippen LogP contribution in [0.2, 0.25) is 0 Å². The van der Waals surface area contributed by atoms with Crippen LogP contribution in [0.15, 0.2) is 58.1 Å². The molecule has 0 bridgehead atoms. The Bertz CT molecular complexity index is 1080. The molecule has 1 aliphatic rings. The van der Waals surface area contributed by atoms with Gasteiger partial charge in [0.05, 0.1) is 24.6 Å². The van der Waals surface area contributed by atoms with Crippen LogP contribution in [0.1, 0.15) is 32.4 Å². The molecular formula is C24H29N3O4. The number of nitrogens with one attached hydrogen (secondary N) is 1. The summed E-state index contributed by atoms with van der Waals surface area (Å²) in [7, 11) is 0. The molecule has 0 radical (unpaired) electrons. The summed E-state index contributed by atoms with van der Waals surface area (Å²) in [6.45, 7) is 6.27.